The van der Waals surface area contributed by atoms with E-state index in [1.807, 2.05) is 17.0 Å². The van der Waals surface area contributed by atoms with Crippen LogP contribution < -0.4 is 4.90 Å². The van der Waals surface area contributed by atoms with Gasteiger partial charge in [0, 0.05) is 62.7 Å². The van der Waals surface area contributed by atoms with Crippen LogP contribution in [-0.4, -0.2) is 67.8 Å². The summed E-state index contributed by atoms with van der Waals surface area (Å²) in [5.74, 6) is -0.231. The number of furan rings is 1. The van der Waals surface area contributed by atoms with Gasteiger partial charge in [0.1, 0.15) is 5.58 Å². The van der Waals surface area contributed by atoms with Crippen molar-refractivity contribution in [2.24, 2.45) is 5.92 Å². The van der Waals surface area contributed by atoms with Crippen LogP contribution in [0.2, 0.25) is 0 Å². The summed E-state index contributed by atoms with van der Waals surface area (Å²) in [6.07, 6.45) is 5.06. The minimum absolute atomic E-state index is 0.0427. The van der Waals surface area contributed by atoms with Gasteiger partial charge in [0.05, 0.1) is 17.1 Å². The van der Waals surface area contributed by atoms with Gasteiger partial charge in [-0.05, 0) is 36.4 Å². The van der Waals surface area contributed by atoms with E-state index < -0.39 is 10.0 Å². The Kier molecular flexibility index (Phi) is 4.71. The lowest BCUT2D eigenvalue weighted by molar-refractivity contribution is -0.139. The predicted molar refractivity (Wildman–Crippen MR) is 111 cm³/mol. The first kappa shape index (κ1) is 19.1. The van der Waals surface area contributed by atoms with Gasteiger partial charge in [-0.3, -0.25) is 9.78 Å². The van der Waals surface area contributed by atoms with Crippen molar-refractivity contribution in [3.05, 3.63) is 55.1 Å². The first-order chi connectivity index (χ1) is 14.5. The highest BCUT2D eigenvalue weighted by atomic mass is 32.2. The summed E-state index contributed by atoms with van der Waals surface area (Å²) >= 11 is 0. The van der Waals surface area contributed by atoms with Gasteiger partial charge in [-0.15, -0.1) is 0 Å². The smallest absolute Gasteiger partial charge is 0.243 e. The zero-order chi connectivity index (χ0) is 20.7. The number of hydrogen-bond donors (Lipinski definition) is 0. The molecule has 0 N–H and O–H groups in total. The average Bonchev–Trinajstić information content (AvgIpc) is 3.21. The van der Waals surface area contributed by atoms with Gasteiger partial charge in [0.2, 0.25) is 15.9 Å². The number of rotatable bonds is 4. The second-order valence-electron chi connectivity index (χ2n) is 7.66. The molecule has 30 heavy (non-hydrogen) atoms. The number of amides is 1. The van der Waals surface area contributed by atoms with Crippen LogP contribution in [0.4, 0.5) is 5.69 Å². The fourth-order valence-electron chi connectivity index (χ4n) is 4.04. The van der Waals surface area contributed by atoms with Gasteiger partial charge in [0.15, 0.2) is 0 Å². The number of hydrogen-bond acceptors (Lipinski definition) is 6. The molecule has 9 heteroatoms. The molecule has 0 atom stereocenters. The third kappa shape index (κ3) is 3.33. The molecule has 0 bridgehead atoms. The second-order valence-corrected chi connectivity index (χ2v) is 9.59. The van der Waals surface area contributed by atoms with Gasteiger partial charge in [-0.2, -0.15) is 4.31 Å². The highest BCUT2D eigenvalue weighted by Crippen LogP contribution is 2.29. The Morgan fingerprint density at radius 2 is 1.73 bits per heavy atom. The molecule has 2 aromatic heterocycles. The van der Waals surface area contributed by atoms with E-state index in [1.54, 1.807) is 36.7 Å². The molecule has 0 radical (unpaired) electrons. The largest absolute Gasteiger partial charge is 0.464 e. The summed E-state index contributed by atoms with van der Waals surface area (Å²) in [4.78, 5) is 21.2. The van der Waals surface area contributed by atoms with Crippen LogP contribution in [0.5, 0.6) is 0 Å². The van der Waals surface area contributed by atoms with Crippen molar-refractivity contribution in [3.8, 4) is 0 Å². The lowest BCUT2D eigenvalue weighted by Gasteiger charge is -2.42. The number of carbonyl (C=O) groups excluding carboxylic acids is 1. The molecule has 2 saturated heterocycles. The molecule has 4 heterocycles. The molecule has 1 aromatic carbocycles. The highest BCUT2D eigenvalue weighted by Gasteiger charge is 2.42. The summed E-state index contributed by atoms with van der Waals surface area (Å²) < 4.78 is 32.4. The van der Waals surface area contributed by atoms with Crippen LogP contribution >= 0.6 is 0 Å². The predicted octanol–water partition coefficient (Wildman–Crippen LogP) is 1.80. The maximum absolute atomic E-state index is 12.9. The van der Waals surface area contributed by atoms with E-state index in [9.17, 15) is 13.2 Å². The van der Waals surface area contributed by atoms with Crippen molar-refractivity contribution in [1.29, 1.82) is 0 Å². The van der Waals surface area contributed by atoms with Crippen LogP contribution in [0.3, 0.4) is 0 Å². The van der Waals surface area contributed by atoms with E-state index in [4.69, 9.17) is 4.42 Å². The van der Waals surface area contributed by atoms with Gasteiger partial charge < -0.3 is 14.2 Å². The zero-order valence-corrected chi connectivity index (χ0v) is 17.2. The Bertz CT molecular complexity index is 1160. The molecule has 3 aromatic rings. The molecule has 156 valence electrons. The molecule has 0 unspecified atom stereocenters. The third-order valence-electron chi connectivity index (χ3n) is 5.88. The summed E-state index contributed by atoms with van der Waals surface area (Å²) in [5, 5.41) is 0.747. The number of pyridine rings is 1. The molecular weight excluding hydrogens is 404 g/mol. The second kappa shape index (κ2) is 7.41. The SMILES string of the molecule is O=C(C1CN(S(=O)(=O)c2ccc3occc3c2)C1)N1CCN(c2ccncc2)CC1. The molecule has 2 aliphatic heterocycles. The summed E-state index contributed by atoms with van der Waals surface area (Å²) in [6, 6.07) is 10.5. The van der Waals surface area contributed by atoms with Crippen molar-refractivity contribution in [3.63, 3.8) is 0 Å². The van der Waals surface area contributed by atoms with Gasteiger partial charge in [-0.25, -0.2) is 8.42 Å². The Balaban J connectivity index is 1.19. The molecule has 2 fully saturated rings. The molecule has 0 saturated carbocycles. The minimum Gasteiger partial charge on any atom is -0.464 e. The number of carbonyl (C=O) groups is 1. The maximum Gasteiger partial charge on any atom is 0.243 e. The lowest BCUT2D eigenvalue weighted by atomic mass is 10.0. The van der Waals surface area contributed by atoms with Crippen molar-refractivity contribution in [1.82, 2.24) is 14.2 Å². The number of anilines is 1. The normalized spacial score (nSPS) is 18.5. The highest BCUT2D eigenvalue weighted by molar-refractivity contribution is 7.89. The fraction of sp³-hybridized carbons (Fsp3) is 0.333. The van der Waals surface area contributed by atoms with E-state index in [-0.39, 0.29) is 29.8 Å². The summed E-state index contributed by atoms with van der Waals surface area (Å²) in [7, 11) is -3.61. The van der Waals surface area contributed by atoms with Crippen molar-refractivity contribution in [2.75, 3.05) is 44.2 Å². The fourth-order valence-corrected chi connectivity index (χ4v) is 5.61. The Morgan fingerprint density at radius 1 is 1.00 bits per heavy atom. The van der Waals surface area contributed by atoms with Crippen LogP contribution in [0.25, 0.3) is 11.0 Å². The van der Waals surface area contributed by atoms with E-state index in [0.717, 1.165) is 24.2 Å². The number of aromatic nitrogens is 1. The standard InChI is InChI=1S/C21H22N4O4S/c26-21(24-10-8-23(9-11-24)18-3-6-22-7-4-18)17-14-25(15-17)30(27,28)19-1-2-20-16(13-19)5-12-29-20/h1-7,12-13,17H,8-11,14-15H2. The number of fused-ring (bicyclic) bond motifs is 1. The minimum atomic E-state index is -3.61. The summed E-state index contributed by atoms with van der Waals surface area (Å²) in [5.41, 5.74) is 1.75. The van der Waals surface area contributed by atoms with Crippen LogP contribution in [0.15, 0.2) is 64.4 Å². The van der Waals surface area contributed by atoms with E-state index in [0.29, 0.717) is 18.7 Å². The van der Waals surface area contributed by atoms with Gasteiger partial charge in [0.25, 0.3) is 0 Å². The van der Waals surface area contributed by atoms with Crippen molar-refractivity contribution >= 4 is 32.6 Å². The Hall–Kier alpha value is -2.91. The van der Waals surface area contributed by atoms with E-state index in [2.05, 4.69) is 9.88 Å². The van der Waals surface area contributed by atoms with Gasteiger partial charge >= 0.3 is 0 Å². The molecule has 2 aliphatic rings. The lowest BCUT2D eigenvalue weighted by Crippen LogP contribution is -2.59. The summed E-state index contributed by atoms with van der Waals surface area (Å²) in [6.45, 7) is 3.26. The van der Waals surface area contributed by atoms with E-state index >= 15 is 0 Å². The monoisotopic (exact) mass is 426 g/mol. The molecule has 0 aliphatic carbocycles. The molecule has 1 amide bonds. The third-order valence-corrected chi connectivity index (χ3v) is 7.71. The first-order valence-corrected chi connectivity index (χ1v) is 11.4. The molecule has 8 nitrogen and oxygen atoms in total. The van der Waals surface area contributed by atoms with Crippen molar-refractivity contribution < 1.29 is 17.6 Å². The van der Waals surface area contributed by atoms with Gasteiger partial charge in [-0.1, -0.05) is 0 Å². The molecular formula is C21H22N4O4S. The van der Waals surface area contributed by atoms with Crippen molar-refractivity contribution in [2.45, 2.75) is 4.90 Å². The molecule has 0 spiro atoms. The Morgan fingerprint density at radius 3 is 2.47 bits per heavy atom. The maximum atomic E-state index is 12.9. The average molecular weight is 426 g/mol. The number of nitrogens with zero attached hydrogens (tertiary/aromatic N) is 4. The van der Waals surface area contributed by atoms with E-state index in [1.165, 1.54) is 10.6 Å². The van der Waals surface area contributed by atoms with Crippen LogP contribution in [-0.2, 0) is 14.8 Å². The number of sulfonamides is 1. The topological polar surface area (TPSA) is 87.0 Å². The zero-order valence-electron chi connectivity index (χ0n) is 16.3. The Labute approximate surface area is 174 Å². The van der Waals surface area contributed by atoms with Crippen LogP contribution in [0.1, 0.15) is 0 Å². The quantitative estimate of drug-likeness (QED) is 0.632. The number of benzene rings is 1. The van der Waals surface area contributed by atoms with Crippen LogP contribution in [0, 0.1) is 5.92 Å². The first-order valence-electron chi connectivity index (χ1n) is 9.93. The molecule has 5 rings (SSSR count). The number of piperazine rings is 1.